The van der Waals surface area contributed by atoms with Crippen molar-refractivity contribution >= 4 is 11.6 Å². The normalized spacial score (nSPS) is 11.6. The molecule has 0 unspecified atom stereocenters. The third kappa shape index (κ3) is 4.77. The molecule has 0 spiro atoms. The minimum Gasteiger partial charge on any atom is -0.478 e. The fraction of sp³-hybridized carbons (Fsp3) is 0.600. The molecule has 0 radical (unpaired) electrons. The van der Waals surface area contributed by atoms with Crippen molar-refractivity contribution in [2.24, 2.45) is 0 Å². The summed E-state index contributed by atoms with van der Waals surface area (Å²) in [4.78, 5) is 6.36. The van der Waals surface area contributed by atoms with Gasteiger partial charge in [-0.2, -0.15) is 18.2 Å². The smallest absolute Gasteiger partial charge is 0.451 e. The third-order valence-electron chi connectivity index (χ3n) is 1.92. The molecule has 1 aromatic heterocycles. The second kappa shape index (κ2) is 6.05. The summed E-state index contributed by atoms with van der Waals surface area (Å²) < 4.78 is 42.1. The summed E-state index contributed by atoms with van der Waals surface area (Å²) >= 11 is 5.47. The zero-order valence-electron chi connectivity index (χ0n) is 9.22. The van der Waals surface area contributed by atoms with Crippen LogP contribution in [-0.4, -0.2) is 16.6 Å². The van der Waals surface area contributed by atoms with E-state index in [1.165, 1.54) is 6.07 Å². The van der Waals surface area contributed by atoms with Crippen LogP contribution >= 0.6 is 11.6 Å². The van der Waals surface area contributed by atoms with Crippen molar-refractivity contribution in [1.82, 2.24) is 9.97 Å². The molecule has 0 aliphatic rings. The number of alkyl halides is 3. The van der Waals surface area contributed by atoms with Crippen LogP contribution in [0.5, 0.6) is 5.88 Å². The van der Waals surface area contributed by atoms with E-state index in [4.69, 9.17) is 16.3 Å². The van der Waals surface area contributed by atoms with Crippen LogP contribution < -0.4 is 4.74 Å². The summed E-state index contributed by atoms with van der Waals surface area (Å²) in [5, 5.41) is -0.280. The van der Waals surface area contributed by atoms with Crippen molar-refractivity contribution in [3.8, 4) is 5.88 Å². The van der Waals surface area contributed by atoms with Crippen molar-refractivity contribution in [2.75, 3.05) is 6.61 Å². The summed E-state index contributed by atoms with van der Waals surface area (Å²) in [6, 6.07) is 1.17. The Morgan fingerprint density at radius 2 is 2.00 bits per heavy atom. The molecule has 96 valence electrons. The van der Waals surface area contributed by atoms with Gasteiger partial charge in [0.15, 0.2) is 0 Å². The van der Waals surface area contributed by atoms with E-state index < -0.39 is 12.0 Å². The van der Waals surface area contributed by atoms with E-state index in [0.29, 0.717) is 6.61 Å². The lowest BCUT2D eigenvalue weighted by Crippen LogP contribution is -2.12. The van der Waals surface area contributed by atoms with Crippen molar-refractivity contribution in [3.63, 3.8) is 0 Å². The SMILES string of the molecule is CCCCCOc1cc(Cl)nc(C(F)(F)F)n1. The molecule has 0 atom stereocenters. The molecule has 0 saturated heterocycles. The van der Waals surface area contributed by atoms with Gasteiger partial charge in [0.1, 0.15) is 5.15 Å². The predicted molar refractivity (Wildman–Crippen MR) is 57.1 cm³/mol. The van der Waals surface area contributed by atoms with Crippen LogP contribution in [0, 0.1) is 0 Å². The minimum atomic E-state index is -4.62. The maximum absolute atomic E-state index is 12.4. The highest BCUT2D eigenvalue weighted by molar-refractivity contribution is 6.29. The van der Waals surface area contributed by atoms with Gasteiger partial charge >= 0.3 is 6.18 Å². The number of unbranched alkanes of at least 4 members (excludes halogenated alkanes) is 2. The van der Waals surface area contributed by atoms with Crippen molar-refractivity contribution in [2.45, 2.75) is 32.4 Å². The summed E-state index contributed by atoms with van der Waals surface area (Å²) in [6.45, 7) is 2.34. The molecule has 3 nitrogen and oxygen atoms in total. The average Bonchev–Trinajstić information content (AvgIpc) is 2.22. The number of aromatic nitrogens is 2. The Bertz CT molecular complexity index is 371. The fourth-order valence-electron chi connectivity index (χ4n) is 1.13. The zero-order valence-corrected chi connectivity index (χ0v) is 9.98. The molecular weight excluding hydrogens is 257 g/mol. The van der Waals surface area contributed by atoms with Gasteiger partial charge in [-0.3, -0.25) is 0 Å². The maximum atomic E-state index is 12.4. The molecule has 0 aliphatic heterocycles. The lowest BCUT2D eigenvalue weighted by atomic mass is 10.3. The topological polar surface area (TPSA) is 35.0 Å². The van der Waals surface area contributed by atoms with E-state index in [-0.39, 0.29) is 11.0 Å². The standard InChI is InChI=1S/C10H12ClF3N2O/c1-2-3-4-5-17-8-6-7(11)15-9(16-8)10(12,13)14/h6H,2-5H2,1H3. The van der Waals surface area contributed by atoms with Crippen LogP contribution in [0.1, 0.15) is 32.0 Å². The van der Waals surface area contributed by atoms with Gasteiger partial charge in [0.2, 0.25) is 11.7 Å². The van der Waals surface area contributed by atoms with Crippen LogP contribution in [0.25, 0.3) is 0 Å². The summed E-state index contributed by atoms with van der Waals surface area (Å²) in [5.74, 6) is -1.43. The highest BCUT2D eigenvalue weighted by Gasteiger charge is 2.35. The Morgan fingerprint density at radius 1 is 1.29 bits per heavy atom. The first kappa shape index (κ1) is 14.0. The van der Waals surface area contributed by atoms with E-state index in [2.05, 4.69) is 9.97 Å². The quantitative estimate of drug-likeness (QED) is 0.603. The maximum Gasteiger partial charge on any atom is 0.451 e. The van der Waals surface area contributed by atoms with Gasteiger partial charge < -0.3 is 4.74 Å². The molecule has 1 aromatic rings. The van der Waals surface area contributed by atoms with E-state index in [9.17, 15) is 13.2 Å². The Morgan fingerprint density at radius 3 is 2.59 bits per heavy atom. The van der Waals surface area contributed by atoms with E-state index in [1.807, 2.05) is 6.92 Å². The molecule has 7 heteroatoms. The number of rotatable bonds is 5. The Balaban J connectivity index is 2.69. The molecule has 0 aliphatic carbocycles. The Hall–Kier alpha value is -1.04. The molecule has 0 fully saturated rings. The van der Waals surface area contributed by atoms with Crippen molar-refractivity contribution < 1.29 is 17.9 Å². The van der Waals surface area contributed by atoms with Crippen molar-refractivity contribution in [1.29, 1.82) is 0 Å². The first-order chi connectivity index (χ1) is 7.93. The summed E-state index contributed by atoms with van der Waals surface area (Å²) in [7, 11) is 0. The molecule has 0 bridgehead atoms. The van der Waals surface area contributed by atoms with Crippen LogP contribution in [0.3, 0.4) is 0 Å². The number of ether oxygens (including phenoxy) is 1. The molecule has 0 saturated carbocycles. The van der Waals surface area contributed by atoms with E-state index in [0.717, 1.165) is 19.3 Å². The molecule has 0 aromatic carbocycles. The molecule has 1 heterocycles. The number of nitrogens with zero attached hydrogens (tertiary/aromatic N) is 2. The molecule has 0 amide bonds. The van der Waals surface area contributed by atoms with Gasteiger partial charge in [0.05, 0.1) is 6.61 Å². The van der Waals surface area contributed by atoms with Crippen LogP contribution in [0.15, 0.2) is 6.07 Å². The number of hydrogen-bond donors (Lipinski definition) is 0. The molecule has 17 heavy (non-hydrogen) atoms. The molecule has 0 N–H and O–H groups in total. The first-order valence-electron chi connectivity index (χ1n) is 5.18. The highest BCUT2D eigenvalue weighted by atomic mass is 35.5. The van der Waals surface area contributed by atoms with Gasteiger partial charge in [-0.1, -0.05) is 31.4 Å². The lowest BCUT2D eigenvalue weighted by Gasteiger charge is -2.08. The van der Waals surface area contributed by atoms with Gasteiger partial charge in [0.25, 0.3) is 0 Å². The lowest BCUT2D eigenvalue weighted by molar-refractivity contribution is -0.145. The van der Waals surface area contributed by atoms with E-state index in [1.54, 1.807) is 0 Å². The largest absolute Gasteiger partial charge is 0.478 e. The van der Waals surface area contributed by atoms with E-state index >= 15 is 0 Å². The van der Waals surface area contributed by atoms with Gasteiger partial charge in [-0.15, -0.1) is 0 Å². The fourth-order valence-corrected chi connectivity index (χ4v) is 1.30. The second-order valence-electron chi connectivity index (χ2n) is 3.41. The molecule has 1 rings (SSSR count). The Labute approximate surface area is 102 Å². The van der Waals surface area contributed by atoms with Crippen molar-refractivity contribution in [3.05, 3.63) is 17.0 Å². The minimum absolute atomic E-state index is 0.145. The highest BCUT2D eigenvalue weighted by Crippen LogP contribution is 2.28. The van der Waals surface area contributed by atoms with Gasteiger partial charge in [-0.25, -0.2) is 4.98 Å². The number of hydrogen-bond acceptors (Lipinski definition) is 3. The van der Waals surface area contributed by atoms with Gasteiger partial charge in [0, 0.05) is 6.07 Å². The summed E-state index contributed by atoms with van der Waals surface area (Å²) in [5.41, 5.74) is 0. The van der Waals surface area contributed by atoms with Crippen LogP contribution in [0.2, 0.25) is 5.15 Å². The average molecular weight is 269 g/mol. The van der Waals surface area contributed by atoms with Crippen LogP contribution in [0.4, 0.5) is 13.2 Å². The second-order valence-corrected chi connectivity index (χ2v) is 3.79. The zero-order chi connectivity index (χ0) is 12.9. The third-order valence-corrected chi connectivity index (χ3v) is 2.12. The summed E-state index contributed by atoms with van der Waals surface area (Å²) in [6.07, 6.45) is -1.90. The van der Waals surface area contributed by atoms with Crippen LogP contribution in [-0.2, 0) is 6.18 Å². The van der Waals surface area contributed by atoms with Gasteiger partial charge in [-0.05, 0) is 6.42 Å². The Kier molecular flexibility index (Phi) is 4.99. The first-order valence-corrected chi connectivity index (χ1v) is 5.56. The predicted octanol–water partition coefficient (Wildman–Crippen LogP) is 3.72. The number of halogens is 4. The monoisotopic (exact) mass is 268 g/mol. The molecular formula is C10H12ClF3N2O.